The minimum Gasteiger partial charge on any atom is -0.273 e. The molecule has 8 heteroatoms. The molecule has 1 aliphatic heterocycles. The van der Waals surface area contributed by atoms with E-state index in [2.05, 4.69) is 25.9 Å². The number of hydrogen-bond acceptors (Lipinski definition) is 4. The zero-order valence-corrected chi connectivity index (χ0v) is 15.5. The molecule has 2 heterocycles. The second kappa shape index (κ2) is 6.37. The molecule has 1 atom stereocenters. The van der Waals surface area contributed by atoms with Gasteiger partial charge in [-0.3, -0.25) is 9.69 Å². The van der Waals surface area contributed by atoms with E-state index in [9.17, 15) is 9.18 Å². The Hall–Kier alpha value is -1.18. The molecule has 3 rings (SSSR count). The number of halogens is 3. The predicted octanol–water partition coefficient (Wildman–Crippen LogP) is 4.43. The van der Waals surface area contributed by atoms with E-state index in [1.54, 1.807) is 6.07 Å². The second-order valence-electron chi connectivity index (χ2n) is 5.07. The van der Waals surface area contributed by atoms with Gasteiger partial charge in [-0.05, 0) is 41.9 Å². The summed E-state index contributed by atoms with van der Waals surface area (Å²) in [5.74, 6) is -0.115. The number of carbonyl (C=O) groups is 1. The smallest absolute Gasteiger partial charge is 0.240 e. The quantitative estimate of drug-likeness (QED) is 0.727. The number of thioether (sulfide) groups is 1. The molecule has 23 heavy (non-hydrogen) atoms. The number of aromatic nitrogens is 2. The molecular weight excluding hydrogens is 405 g/mol. The first-order valence-corrected chi connectivity index (χ1v) is 9.00. The van der Waals surface area contributed by atoms with Gasteiger partial charge >= 0.3 is 0 Å². The van der Waals surface area contributed by atoms with Gasteiger partial charge in [-0.15, -0.1) is 11.8 Å². The zero-order chi connectivity index (χ0) is 16.7. The molecule has 0 aliphatic carbocycles. The standard InChI is InChI=1S/C15H12BrClFN3OS/c1-7-13(16)8(2)20-15(19-7)21-11(22)6-23-14(21)12-9(17)4-3-5-10(12)18/h3-5,14H,6H2,1-2H3. The van der Waals surface area contributed by atoms with Crippen LogP contribution in [0, 0.1) is 19.7 Å². The lowest BCUT2D eigenvalue weighted by Crippen LogP contribution is -2.30. The van der Waals surface area contributed by atoms with Crippen molar-refractivity contribution in [1.82, 2.24) is 9.97 Å². The lowest BCUT2D eigenvalue weighted by molar-refractivity contribution is -0.115. The van der Waals surface area contributed by atoms with Gasteiger partial charge in [0.1, 0.15) is 11.2 Å². The van der Waals surface area contributed by atoms with Crippen LogP contribution in [-0.4, -0.2) is 21.6 Å². The molecule has 1 aromatic heterocycles. The number of aryl methyl sites for hydroxylation is 2. The highest BCUT2D eigenvalue weighted by Gasteiger charge is 2.38. The second-order valence-corrected chi connectivity index (χ2v) is 7.34. The fourth-order valence-corrected chi connectivity index (χ4v) is 4.11. The summed E-state index contributed by atoms with van der Waals surface area (Å²) in [6, 6.07) is 4.49. The van der Waals surface area contributed by atoms with Gasteiger partial charge in [0, 0.05) is 10.6 Å². The van der Waals surface area contributed by atoms with E-state index in [4.69, 9.17) is 11.6 Å². The molecule has 1 fully saturated rings. The first kappa shape index (κ1) is 16.7. The van der Waals surface area contributed by atoms with Crippen LogP contribution < -0.4 is 4.90 Å². The van der Waals surface area contributed by atoms with E-state index in [0.717, 1.165) is 15.9 Å². The van der Waals surface area contributed by atoms with Crippen molar-refractivity contribution in [1.29, 1.82) is 0 Å². The van der Waals surface area contributed by atoms with E-state index in [1.807, 2.05) is 13.8 Å². The third-order valence-corrected chi connectivity index (χ3v) is 6.15. The highest BCUT2D eigenvalue weighted by Crippen LogP contribution is 2.44. The Morgan fingerprint density at radius 1 is 1.35 bits per heavy atom. The minimum atomic E-state index is -0.573. The molecule has 2 aromatic rings. The van der Waals surface area contributed by atoms with Crippen molar-refractivity contribution in [3.05, 3.63) is 50.5 Å². The van der Waals surface area contributed by atoms with Gasteiger partial charge in [-0.25, -0.2) is 14.4 Å². The molecule has 1 amide bonds. The fourth-order valence-electron chi connectivity index (χ4n) is 2.39. The summed E-state index contributed by atoms with van der Waals surface area (Å²) in [5.41, 5.74) is 1.72. The Kier molecular flexibility index (Phi) is 4.62. The van der Waals surface area contributed by atoms with Gasteiger partial charge < -0.3 is 0 Å². The molecule has 0 bridgehead atoms. The van der Waals surface area contributed by atoms with Crippen molar-refractivity contribution >= 4 is 51.1 Å². The maximum absolute atomic E-state index is 14.3. The van der Waals surface area contributed by atoms with Crippen molar-refractivity contribution in [3.8, 4) is 0 Å². The largest absolute Gasteiger partial charge is 0.273 e. The first-order chi connectivity index (χ1) is 10.9. The third kappa shape index (κ3) is 2.97. The van der Waals surface area contributed by atoms with Crippen LogP contribution in [0.1, 0.15) is 22.3 Å². The van der Waals surface area contributed by atoms with Crippen LogP contribution in [-0.2, 0) is 4.79 Å². The summed E-state index contributed by atoms with van der Waals surface area (Å²) in [6.45, 7) is 3.64. The number of carbonyl (C=O) groups excluding carboxylic acids is 1. The van der Waals surface area contributed by atoms with Gasteiger partial charge in [-0.2, -0.15) is 0 Å². The van der Waals surface area contributed by atoms with E-state index in [-0.39, 0.29) is 28.2 Å². The molecule has 0 radical (unpaired) electrons. The van der Waals surface area contributed by atoms with E-state index in [0.29, 0.717) is 0 Å². The first-order valence-electron chi connectivity index (χ1n) is 6.78. The fraction of sp³-hybridized carbons (Fsp3) is 0.267. The van der Waals surface area contributed by atoms with Gasteiger partial charge in [0.25, 0.3) is 0 Å². The van der Waals surface area contributed by atoms with E-state index < -0.39 is 11.2 Å². The van der Waals surface area contributed by atoms with Crippen molar-refractivity contribution in [2.75, 3.05) is 10.7 Å². The predicted molar refractivity (Wildman–Crippen MR) is 93.3 cm³/mol. The minimum absolute atomic E-state index is 0.166. The Bertz CT molecular complexity index is 761. The number of rotatable bonds is 2. The SMILES string of the molecule is Cc1nc(N2C(=O)CSC2c2c(F)cccc2Cl)nc(C)c1Br. The summed E-state index contributed by atoms with van der Waals surface area (Å²) in [5, 5.41) is -0.288. The molecule has 0 saturated carbocycles. The highest BCUT2D eigenvalue weighted by atomic mass is 79.9. The number of amides is 1. The Labute approximate surface area is 150 Å². The third-order valence-electron chi connectivity index (χ3n) is 3.50. The Morgan fingerprint density at radius 3 is 2.61 bits per heavy atom. The molecule has 120 valence electrons. The van der Waals surface area contributed by atoms with E-state index in [1.165, 1.54) is 28.8 Å². The van der Waals surface area contributed by atoms with Crippen molar-refractivity contribution in [2.24, 2.45) is 0 Å². The van der Waals surface area contributed by atoms with Crippen molar-refractivity contribution < 1.29 is 9.18 Å². The number of anilines is 1. The Morgan fingerprint density at radius 2 is 2.00 bits per heavy atom. The molecule has 1 saturated heterocycles. The van der Waals surface area contributed by atoms with Crippen LogP contribution in [0.4, 0.5) is 10.3 Å². The summed E-state index contributed by atoms with van der Waals surface area (Å²) in [6.07, 6.45) is 0. The summed E-state index contributed by atoms with van der Waals surface area (Å²) >= 11 is 10.9. The van der Waals surface area contributed by atoms with Crippen LogP contribution in [0.3, 0.4) is 0 Å². The molecule has 1 unspecified atom stereocenters. The summed E-state index contributed by atoms with van der Waals surface area (Å²) < 4.78 is 15.0. The van der Waals surface area contributed by atoms with Crippen molar-refractivity contribution in [2.45, 2.75) is 19.2 Å². The van der Waals surface area contributed by atoms with Gasteiger partial charge in [-0.1, -0.05) is 17.7 Å². The topological polar surface area (TPSA) is 46.1 Å². The normalized spacial score (nSPS) is 17.9. The Balaban J connectivity index is 2.11. The lowest BCUT2D eigenvalue weighted by Gasteiger charge is -2.24. The molecule has 0 spiro atoms. The van der Waals surface area contributed by atoms with Gasteiger partial charge in [0.2, 0.25) is 11.9 Å². The van der Waals surface area contributed by atoms with Crippen molar-refractivity contribution in [3.63, 3.8) is 0 Å². The number of hydrogen-bond donors (Lipinski definition) is 0. The summed E-state index contributed by atoms with van der Waals surface area (Å²) in [7, 11) is 0. The van der Waals surface area contributed by atoms with Crippen LogP contribution in [0.25, 0.3) is 0 Å². The van der Waals surface area contributed by atoms with Crippen LogP contribution in [0.5, 0.6) is 0 Å². The van der Waals surface area contributed by atoms with Gasteiger partial charge in [0.15, 0.2) is 0 Å². The summed E-state index contributed by atoms with van der Waals surface area (Å²) in [4.78, 5) is 22.5. The average Bonchev–Trinajstić information content (AvgIpc) is 2.86. The van der Waals surface area contributed by atoms with Crippen LogP contribution in [0.15, 0.2) is 22.7 Å². The molecule has 1 aromatic carbocycles. The highest BCUT2D eigenvalue weighted by molar-refractivity contribution is 9.10. The maximum atomic E-state index is 14.3. The van der Waals surface area contributed by atoms with Gasteiger partial charge in [0.05, 0.1) is 21.6 Å². The van der Waals surface area contributed by atoms with Crippen LogP contribution >= 0.6 is 39.3 Å². The molecule has 1 aliphatic rings. The maximum Gasteiger partial charge on any atom is 0.240 e. The zero-order valence-electron chi connectivity index (χ0n) is 12.3. The molecule has 0 N–H and O–H groups in total. The van der Waals surface area contributed by atoms with Crippen LogP contribution in [0.2, 0.25) is 5.02 Å². The lowest BCUT2D eigenvalue weighted by atomic mass is 10.2. The van der Waals surface area contributed by atoms with E-state index >= 15 is 0 Å². The molecule has 4 nitrogen and oxygen atoms in total. The number of nitrogens with zero attached hydrogens (tertiary/aromatic N) is 3. The molecular formula is C15H12BrClFN3OS. The monoisotopic (exact) mass is 415 g/mol. The number of benzene rings is 1. The average molecular weight is 417 g/mol.